The van der Waals surface area contributed by atoms with Gasteiger partial charge in [-0.15, -0.1) is 11.3 Å². The fourth-order valence-electron chi connectivity index (χ4n) is 9.93. The molecule has 2 heterocycles. The zero-order valence-corrected chi connectivity index (χ0v) is 32.1. The monoisotopic (exact) mass is 752 g/mol. The topological polar surface area (TPSA) is 13.1 Å². The summed E-state index contributed by atoms with van der Waals surface area (Å²) in [5, 5.41) is 17.5. The molecule has 11 aromatic carbocycles. The number of rotatable bonds is 3. The first-order valence-electron chi connectivity index (χ1n) is 19.9. The summed E-state index contributed by atoms with van der Waals surface area (Å²) < 4.78 is 9.03. The van der Waals surface area contributed by atoms with Crippen LogP contribution >= 0.6 is 11.3 Å². The van der Waals surface area contributed by atoms with Crippen molar-refractivity contribution in [2.75, 3.05) is 0 Å². The van der Waals surface area contributed by atoms with Gasteiger partial charge < -0.3 is 4.42 Å². The van der Waals surface area contributed by atoms with E-state index in [0.29, 0.717) is 0 Å². The van der Waals surface area contributed by atoms with Gasteiger partial charge in [-0.2, -0.15) is 0 Å². The normalized spacial score (nSPS) is 12.1. The lowest BCUT2D eigenvalue weighted by molar-refractivity contribution is 0.673. The molecule has 2 aromatic heterocycles. The minimum absolute atomic E-state index is 0.934. The van der Waals surface area contributed by atoms with E-state index in [1.807, 2.05) is 17.4 Å². The molecule has 0 amide bonds. The highest BCUT2D eigenvalue weighted by Gasteiger charge is 2.22. The Morgan fingerprint density at radius 1 is 0.328 bits per heavy atom. The van der Waals surface area contributed by atoms with Gasteiger partial charge in [-0.05, 0) is 112 Å². The van der Waals surface area contributed by atoms with E-state index in [2.05, 4.69) is 188 Å². The minimum atomic E-state index is 0.934. The van der Waals surface area contributed by atoms with Crippen molar-refractivity contribution in [2.45, 2.75) is 0 Å². The molecular weight excluding hydrogens is 721 g/mol. The number of para-hydroxylation sites is 1. The molecule has 0 unspecified atom stereocenters. The number of fused-ring (bicyclic) bond motifs is 13. The molecule has 0 radical (unpaired) electrons. The molecule has 1 nitrogen and oxygen atoms in total. The van der Waals surface area contributed by atoms with Crippen molar-refractivity contribution in [1.29, 1.82) is 0 Å². The lowest BCUT2D eigenvalue weighted by Gasteiger charge is -2.20. The average molecular weight is 753 g/mol. The number of furan rings is 1. The Balaban J connectivity index is 1.07. The second kappa shape index (κ2) is 12.1. The van der Waals surface area contributed by atoms with Crippen molar-refractivity contribution in [2.24, 2.45) is 0 Å². The smallest absolute Gasteiger partial charge is 0.153 e. The Bertz CT molecular complexity index is 3810. The maximum absolute atomic E-state index is 6.56. The number of benzene rings is 11. The van der Waals surface area contributed by atoms with Gasteiger partial charge in [-0.1, -0.05) is 170 Å². The standard InChI is InChI=1S/C56H32OS/c1-2-14-34-31-35(26-25-33(34)13-1)52-42-20-7-9-22-44(42)53(45-23-10-8-21-43(45)52)46-28-27-39(36-15-3-4-16-37(36)46)49-32-51-54(41-19-6-5-17-38(41)49)48-30-29-47-40-18-11-12-24-50(40)57-55(47)56(48)58-51/h1-32H. The molecule has 0 aliphatic rings. The van der Waals surface area contributed by atoms with Crippen LogP contribution in [0.1, 0.15) is 0 Å². The van der Waals surface area contributed by atoms with Crippen LogP contribution < -0.4 is 0 Å². The van der Waals surface area contributed by atoms with Crippen molar-refractivity contribution in [3.8, 4) is 33.4 Å². The van der Waals surface area contributed by atoms with Crippen LogP contribution in [-0.4, -0.2) is 0 Å². The van der Waals surface area contributed by atoms with Crippen LogP contribution in [0.5, 0.6) is 0 Å². The number of hydrogen-bond donors (Lipinski definition) is 0. The van der Waals surface area contributed by atoms with Gasteiger partial charge >= 0.3 is 0 Å². The first kappa shape index (κ1) is 31.9. The molecule has 0 aliphatic heterocycles. The molecular formula is C56H32OS. The molecule has 0 N–H and O–H groups in total. The summed E-state index contributed by atoms with van der Waals surface area (Å²) in [7, 11) is 0. The van der Waals surface area contributed by atoms with E-state index in [9.17, 15) is 0 Å². The third kappa shape index (κ3) is 4.46. The second-order valence-electron chi connectivity index (χ2n) is 15.5. The van der Waals surface area contributed by atoms with Crippen LogP contribution in [0.25, 0.3) is 129 Å². The molecule has 58 heavy (non-hydrogen) atoms. The number of hydrogen-bond acceptors (Lipinski definition) is 2. The molecule has 2 heteroatoms. The van der Waals surface area contributed by atoms with Crippen molar-refractivity contribution in [3.63, 3.8) is 0 Å². The second-order valence-corrected chi connectivity index (χ2v) is 16.5. The Hall–Kier alpha value is -7.26. The van der Waals surface area contributed by atoms with Crippen molar-refractivity contribution < 1.29 is 4.42 Å². The Morgan fingerprint density at radius 2 is 0.862 bits per heavy atom. The van der Waals surface area contributed by atoms with E-state index in [4.69, 9.17) is 4.42 Å². The summed E-state index contributed by atoms with van der Waals surface area (Å²) >= 11 is 1.84. The quantitative estimate of drug-likeness (QED) is 0.164. The van der Waals surface area contributed by atoms with Gasteiger partial charge in [0.05, 0.1) is 4.70 Å². The molecule has 0 spiro atoms. The van der Waals surface area contributed by atoms with Crippen LogP contribution in [0.15, 0.2) is 199 Å². The van der Waals surface area contributed by atoms with Crippen molar-refractivity contribution in [1.82, 2.24) is 0 Å². The molecule has 0 aliphatic carbocycles. The van der Waals surface area contributed by atoms with Gasteiger partial charge in [0.25, 0.3) is 0 Å². The Morgan fingerprint density at radius 3 is 1.59 bits per heavy atom. The van der Waals surface area contributed by atoms with E-state index in [0.717, 1.165) is 16.6 Å². The van der Waals surface area contributed by atoms with Crippen molar-refractivity contribution >= 4 is 107 Å². The van der Waals surface area contributed by atoms with Gasteiger partial charge in [0.2, 0.25) is 0 Å². The van der Waals surface area contributed by atoms with Crippen molar-refractivity contribution in [3.05, 3.63) is 194 Å². The highest BCUT2D eigenvalue weighted by atomic mass is 32.1. The SMILES string of the molecule is c1ccc2cc(-c3c4ccccc4c(-c4ccc(-c5cc6sc7c(ccc8c9ccccc9oc87)c6c6ccccc56)c5ccccc45)c4ccccc34)ccc2c1. The molecule has 13 rings (SSSR count). The first-order valence-corrected chi connectivity index (χ1v) is 20.7. The predicted molar refractivity (Wildman–Crippen MR) is 250 cm³/mol. The fourth-order valence-corrected chi connectivity index (χ4v) is 11.2. The average Bonchev–Trinajstić information content (AvgIpc) is 3.86. The zero-order chi connectivity index (χ0) is 37.9. The van der Waals surface area contributed by atoms with Crippen LogP contribution in [-0.2, 0) is 0 Å². The summed E-state index contributed by atoms with van der Waals surface area (Å²) in [5.41, 5.74) is 9.45. The van der Waals surface area contributed by atoms with Gasteiger partial charge in [0, 0.05) is 26.2 Å². The van der Waals surface area contributed by atoms with E-state index in [-0.39, 0.29) is 0 Å². The summed E-state index contributed by atoms with van der Waals surface area (Å²) in [6.07, 6.45) is 0. The summed E-state index contributed by atoms with van der Waals surface area (Å²) in [5.74, 6) is 0. The molecule has 0 bridgehead atoms. The fraction of sp³-hybridized carbons (Fsp3) is 0. The molecule has 0 saturated carbocycles. The maximum Gasteiger partial charge on any atom is 0.153 e. The van der Waals surface area contributed by atoms with Gasteiger partial charge in [-0.3, -0.25) is 0 Å². The Kier molecular flexibility index (Phi) is 6.66. The maximum atomic E-state index is 6.56. The van der Waals surface area contributed by atoms with Crippen LogP contribution in [0.4, 0.5) is 0 Å². The van der Waals surface area contributed by atoms with Gasteiger partial charge in [0.1, 0.15) is 5.58 Å². The lowest BCUT2D eigenvalue weighted by Crippen LogP contribution is -1.93. The van der Waals surface area contributed by atoms with Crippen LogP contribution in [0.3, 0.4) is 0 Å². The third-order valence-electron chi connectivity index (χ3n) is 12.4. The molecule has 13 aromatic rings. The predicted octanol–water partition coefficient (Wildman–Crippen LogP) is 16.7. The van der Waals surface area contributed by atoms with E-state index in [1.54, 1.807) is 0 Å². The highest BCUT2D eigenvalue weighted by molar-refractivity contribution is 7.26. The molecule has 0 saturated heterocycles. The van der Waals surface area contributed by atoms with E-state index < -0.39 is 0 Å². The minimum Gasteiger partial charge on any atom is -0.455 e. The summed E-state index contributed by atoms with van der Waals surface area (Å²) in [6, 6.07) is 71.5. The van der Waals surface area contributed by atoms with E-state index >= 15 is 0 Å². The van der Waals surface area contributed by atoms with Gasteiger partial charge in [-0.25, -0.2) is 0 Å². The first-order chi connectivity index (χ1) is 28.8. The van der Waals surface area contributed by atoms with Crippen LogP contribution in [0.2, 0.25) is 0 Å². The lowest BCUT2D eigenvalue weighted by atomic mass is 9.83. The third-order valence-corrected chi connectivity index (χ3v) is 13.6. The summed E-state index contributed by atoms with van der Waals surface area (Å²) in [6.45, 7) is 0. The molecule has 268 valence electrons. The molecule has 0 fully saturated rings. The van der Waals surface area contributed by atoms with Crippen LogP contribution in [0, 0.1) is 0 Å². The largest absolute Gasteiger partial charge is 0.455 e. The van der Waals surface area contributed by atoms with Gasteiger partial charge in [0.15, 0.2) is 5.58 Å². The highest BCUT2D eigenvalue weighted by Crippen LogP contribution is 2.50. The zero-order valence-electron chi connectivity index (χ0n) is 31.3. The Labute approximate surface area is 337 Å². The number of thiophene rings is 1. The van der Waals surface area contributed by atoms with E-state index in [1.165, 1.54) is 113 Å². The molecule has 0 atom stereocenters. The summed E-state index contributed by atoms with van der Waals surface area (Å²) in [4.78, 5) is 0.